The van der Waals surface area contributed by atoms with Crippen LogP contribution in [0.5, 0.6) is 11.5 Å². The maximum atomic E-state index is 10.9. The molecule has 0 aromatic heterocycles. The molecule has 2 aromatic rings. The number of aldehydes is 1. The normalized spacial score (nSPS) is 13.5. The number of phenols is 2. The third-order valence-electron chi connectivity index (χ3n) is 3.36. The highest BCUT2D eigenvalue weighted by atomic mass is 16.3. The molecule has 0 bridgehead atoms. The van der Waals surface area contributed by atoms with Crippen LogP contribution in [0.25, 0.3) is 0 Å². The van der Waals surface area contributed by atoms with Crippen LogP contribution in [0.15, 0.2) is 41.4 Å². The van der Waals surface area contributed by atoms with Crippen molar-refractivity contribution in [1.29, 1.82) is 0 Å². The van der Waals surface area contributed by atoms with Crippen molar-refractivity contribution >= 4 is 23.5 Å². The molecule has 0 amide bonds. The molecule has 0 radical (unpaired) electrons. The summed E-state index contributed by atoms with van der Waals surface area (Å²) >= 11 is 0. The lowest BCUT2D eigenvalue weighted by Crippen LogP contribution is -2.29. The minimum absolute atomic E-state index is 0.236. The zero-order chi connectivity index (χ0) is 15.0. The van der Waals surface area contributed by atoms with Gasteiger partial charge in [0.1, 0.15) is 18.8 Å². The van der Waals surface area contributed by atoms with E-state index < -0.39 is 0 Å². The van der Waals surface area contributed by atoms with Gasteiger partial charge in [-0.05, 0) is 18.2 Å². The van der Waals surface area contributed by atoms with Crippen molar-refractivity contribution in [1.82, 2.24) is 0 Å². The third-order valence-corrected chi connectivity index (χ3v) is 3.36. The summed E-state index contributed by atoms with van der Waals surface area (Å²) in [5.41, 5.74) is 8.29. The molecule has 0 unspecified atom stereocenters. The zero-order valence-electron chi connectivity index (χ0n) is 11.0. The number of hydrogen-bond acceptors (Lipinski definition) is 6. The number of nitrogens with two attached hydrogens (primary N) is 1. The number of benzene rings is 2. The summed E-state index contributed by atoms with van der Waals surface area (Å²) in [6, 6.07) is 9.82. The molecule has 0 spiro atoms. The van der Waals surface area contributed by atoms with Crippen LogP contribution < -0.4 is 10.6 Å². The van der Waals surface area contributed by atoms with E-state index in [1.54, 1.807) is 23.1 Å². The van der Waals surface area contributed by atoms with Crippen molar-refractivity contribution in [2.75, 3.05) is 11.6 Å². The maximum Gasteiger partial charge on any atom is 0.159 e. The number of aromatic hydroxyl groups is 2. The molecule has 1 aliphatic heterocycles. The topological polar surface area (TPSA) is 99.2 Å². The van der Waals surface area contributed by atoms with Crippen molar-refractivity contribution in [3.8, 4) is 11.5 Å². The van der Waals surface area contributed by atoms with Gasteiger partial charge >= 0.3 is 0 Å². The number of rotatable bonds is 2. The van der Waals surface area contributed by atoms with Crippen LogP contribution in [0.1, 0.15) is 15.9 Å². The second-order valence-corrected chi connectivity index (χ2v) is 4.68. The fourth-order valence-corrected chi connectivity index (χ4v) is 2.29. The SMILES string of the molecule is NC1=NCN(c2cccc(C=O)c2)c2cc(O)c(O)cc21. The van der Waals surface area contributed by atoms with E-state index in [4.69, 9.17) is 5.73 Å². The summed E-state index contributed by atoms with van der Waals surface area (Å²) in [5, 5.41) is 19.3. The average Bonchev–Trinajstić information content (AvgIpc) is 2.50. The summed E-state index contributed by atoms with van der Waals surface area (Å²) in [6.45, 7) is 0.269. The largest absolute Gasteiger partial charge is 0.504 e. The van der Waals surface area contributed by atoms with Crippen molar-refractivity contribution in [2.45, 2.75) is 0 Å². The number of phenolic OH excluding ortho intramolecular Hbond substituents is 2. The van der Waals surface area contributed by atoms with Gasteiger partial charge < -0.3 is 20.8 Å². The van der Waals surface area contributed by atoms with Crippen LogP contribution >= 0.6 is 0 Å². The Hall–Kier alpha value is -3.02. The lowest BCUT2D eigenvalue weighted by atomic mass is 10.1. The number of carbonyl (C=O) groups is 1. The van der Waals surface area contributed by atoms with Crippen molar-refractivity contribution < 1.29 is 15.0 Å². The molecular weight excluding hydrogens is 270 g/mol. The Bertz CT molecular complexity index is 756. The molecule has 4 N–H and O–H groups in total. The second-order valence-electron chi connectivity index (χ2n) is 4.68. The Morgan fingerprint density at radius 1 is 1.19 bits per heavy atom. The first kappa shape index (κ1) is 13.0. The Labute approximate surface area is 120 Å². The second kappa shape index (κ2) is 4.82. The van der Waals surface area contributed by atoms with Gasteiger partial charge in [-0.25, -0.2) is 4.99 Å². The predicted octanol–water partition coefficient (Wildman–Crippen LogP) is 1.72. The van der Waals surface area contributed by atoms with Crippen LogP contribution in [-0.2, 0) is 0 Å². The van der Waals surface area contributed by atoms with E-state index in [2.05, 4.69) is 4.99 Å². The molecule has 0 aliphatic carbocycles. The van der Waals surface area contributed by atoms with Gasteiger partial charge in [-0.1, -0.05) is 12.1 Å². The average molecular weight is 283 g/mol. The first-order valence-electron chi connectivity index (χ1n) is 6.29. The molecule has 2 aromatic carbocycles. The summed E-state index contributed by atoms with van der Waals surface area (Å²) in [6.07, 6.45) is 0.764. The van der Waals surface area contributed by atoms with E-state index >= 15 is 0 Å². The minimum atomic E-state index is -0.254. The maximum absolute atomic E-state index is 10.9. The van der Waals surface area contributed by atoms with Gasteiger partial charge in [0.15, 0.2) is 11.5 Å². The lowest BCUT2D eigenvalue weighted by Gasteiger charge is -2.29. The smallest absolute Gasteiger partial charge is 0.159 e. The van der Waals surface area contributed by atoms with Gasteiger partial charge in [-0.3, -0.25) is 4.79 Å². The summed E-state index contributed by atoms with van der Waals surface area (Å²) < 4.78 is 0. The summed E-state index contributed by atoms with van der Waals surface area (Å²) in [5.74, 6) is -0.196. The third kappa shape index (κ3) is 2.16. The van der Waals surface area contributed by atoms with Gasteiger partial charge in [-0.2, -0.15) is 0 Å². The van der Waals surface area contributed by atoms with Gasteiger partial charge in [0.2, 0.25) is 0 Å². The Morgan fingerprint density at radius 3 is 2.71 bits per heavy atom. The highest BCUT2D eigenvalue weighted by molar-refractivity contribution is 6.05. The molecule has 0 atom stereocenters. The molecule has 1 heterocycles. The molecule has 0 saturated carbocycles. The molecule has 1 aliphatic rings. The van der Waals surface area contributed by atoms with Crippen molar-refractivity contribution in [3.63, 3.8) is 0 Å². The number of aliphatic imine (C=N–C) groups is 1. The molecule has 0 fully saturated rings. The van der Waals surface area contributed by atoms with Gasteiger partial charge in [0.25, 0.3) is 0 Å². The molecule has 6 heteroatoms. The number of fused-ring (bicyclic) bond motifs is 1. The number of nitrogens with zero attached hydrogens (tertiary/aromatic N) is 2. The standard InChI is InChI=1S/C15H13N3O3/c16-15-11-5-13(20)14(21)6-12(11)18(8-17-15)10-3-1-2-9(4-10)7-19/h1-7,20-21H,8H2,(H2,16,17). The number of amidine groups is 1. The Morgan fingerprint density at radius 2 is 1.95 bits per heavy atom. The van der Waals surface area contributed by atoms with Crippen LogP contribution in [0.3, 0.4) is 0 Å². The fourth-order valence-electron chi connectivity index (χ4n) is 2.29. The first-order chi connectivity index (χ1) is 10.1. The van der Waals surface area contributed by atoms with E-state index in [1.165, 1.54) is 12.1 Å². The Kier molecular flexibility index (Phi) is 2.98. The molecule has 21 heavy (non-hydrogen) atoms. The first-order valence-corrected chi connectivity index (χ1v) is 6.29. The van der Waals surface area contributed by atoms with Crippen molar-refractivity contribution in [2.24, 2.45) is 10.7 Å². The van der Waals surface area contributed by atoms with Gasteiger partial charge in [0, 0.05) is 22.9 Å². The van der Waals surface area contributed by atoms with Crippen LogP contribution in [0.4, 0.5) is 11.4 Å². The minimum Gasteiger partial charge on any atom is -0.504 e. The molecular formula is C15H13N3O3. The molecule has 106 valence electrons. The van der Waals surface area contributed by atoms with Gasteiger partial charge in [-0.15, -0.1) is 0 Å². The van der Waals surface area contributed by atoms with Crippen LogP contribution in [0, 0.1) is 0 Å². The molecule has 0 saturated heterocycles. The zero-order valence-corrected chi connectivity index (χ0v) is 11.0. The number of carbonyl (C=O) groups excluding carboxylic acids is 1. The van der Waals surface area contributed by atoms with E-state index in [0.717, 1.165) is 12.0 Å². The highest BCUT2D eigenvalue weighted by Gasteiger charge is 2.22. The highest BCUT2D eigenvalue weighted by Crippen LogP contribution is 2.38. The monoisotopic (exact) mass is 283 g/mol. The summed E-state index contributed by atoms with van der Waals surface area (Å²) in [7, 11) is 0. The number of hydrogen-bond donors (Lipinski definition) is 3. The van der Waals surface area contributed by atoms with Crippen molar-refractivity contribution in [3.05, 3.63) is 47.5 Å². The predicted molar refractivity (Wildman–Crippen MR) is 79.3 cm³/mol. The van der Waals surface area contributed by atoms with E-state index in [-0.39, 0.29) is 18.2 Å². The number of anilines is 2. The van der Waals surface area contributed by atoms with Crippen LogP contribution in [-0.4, -0.2) is 29.0 Å². The fraction of sp³-hybridized carbons (Fsp3) is 0.0667. The summed E-state index contributed by atoms with van der Waals surface area (Å²) in [4.78, 5) is 16.9. The molecule has 3 rings (SSSR count). The van der Waals surface area contributed by atoms with E-state index in [1.807, 2.05) is 6.07 Å². The van der Waals surface area contributed by atoms with Gasteiger partial charge in [0.05, 0.1) is 5.69 Å². The Balaban J connectivity index is 2.15. The lowest BCUT2D eigenvalue weighted by molar-refractivity contribution is 0.112. The molecule has 6 nitrogen and oxygen atoms in total. The quantitative estimate of drug-likeness (QED) is 0.575. The van der Waals surface area contributed by atoms with E-state index in [0.29, 0.717) is 22.6 Å². The van der Waals surface area contributed by atoms with E-state index in [9.17, 15) is 15.0 Å². The van der Waals surface area contributed by atoms with Crippen LogP contribution in [0.2, 0.25) is 0 Å².